The van der Waals surface area contributed by atoms with Crippen LogP contribution in [-0.2, 0) is 0 Å². The van der Waals surface area contributed by atoms with E-state index in [2.05, 4.69) is 217 Å². The van der Waals surface area contributed by atoms with Gasteiger partial charge in [-0.1, -0.05) is 170 Å². The van der Waals surface area contributed by atoms with E-state index in [0.29, 0.717) is 17.5 Å². The van der Waals surface area contributed by atoms with Crippen LogP contribution in [-0.4, -0.2) is 19.5 Å². The maximum absolute atomic E-state index is 5.39. The van der Waals surface area contributed by atoms with Crippen LogP contribution < -0.4 is 0 Å². The van der Waals surface area contributed by atoms with E-state index < -0.39 is 0 Å². The molecule has 0 unspecified atom stereocenters. The molecule has 5 heteroatoms. The van der Waals surface area contributed by atoms with E-state index in [0.717, 1.165) is 66.8 Å². The second-order valence-corrected chi connectivity index (χ2v) is 16.7. The largest absolute Gasteiger partial charge is 0.308 e. The molecule has 290 valence electrons. The highest BCUT2D eigenvalue weighted by atomic mass is 32.1. The number of benzene rings is 9. The van der Waals surface area contributed by atoms with E-state index in [1.54, 1.807) is 0 Å². The molecule has 0 saturated carbocycles. The molecule has 0 radical (unpaired) electrons. The Morgan fingerprint density at radius 2 is 0.742 bits per heavy atom. The minimum Gasteiger partial charge on any atom is -0.308 e. The highest BCUT2D eigenvalue weighted by molar-refractivity contribution is 7.25. The van der Waals surface area contributed by atoms with Crippen molar-refractivity contribution >= 4 is 53.3 Å². The van der Waals surface area contributed by atoms with Crippen LogP contribution in [0.5, 0.6) is 0 Å². The minimum absolute atomic E-state index is 0.601. The lowest BCUT2D eigenvalue weighted by atomic mass is 10.0. The molecule has 0 amide bonds. The Morgan fingerprint density at radius 1 is 0.290 bits per heavy atom. The third-order valence-corrected chi connectivity index (χ3v) is 13.0. The molecule has 4 nitrogen and oxygen atoms in total. The Morgan fingerprint density at radius 3 is 1.39 bits per heavy atom. The SMILES string of the molecule is c1ccc(-c2cccc(-c3nc(-c4cccc(-c5ccc6c(c5)sc5ccccc56)c4)nc(-c4ccc(-c5ccccc5)cc4-n4c5ccccc5c5ccccc54)n3)c2)cc1. The fourth-order valence-electron chi connectivity index (χ4n) is 8.86. The first-order valence-electron chi connectivity index (χ1n) is 20.8. The van der Waals surface area contributed by atoms with Gasteiger partial charge in [0.2, 0.25) is 0 Å². The lowest BCUT2D eigenvalue weighted by Gasteiger charge is -2.16. The highest BCUT2D eigenvalue weighted by Gasteiger charge is 2.21. The number of nitrogens with zero attached hydrogens (tertiary/aromatic N) is 4. The molecule has 62 heavy (non-hydrogen) atoms. The summed E-state index contributed by atoms with van der Waals surface area (Å²) in [6.07, 6.45) is 0. The first-order chi connectivity index (χ1) is 30.7. The van der Waals surface area contributed by atoms with Crippen molar-refractivity contribution in [3.05, 3.63) is 218 Å². The standard InChI is InChI=1S/C57H36N4S/c1-3-15-37(16-4-1)39-19-13-21-43(33-39)55-58-56(44-22-14-20-40(34-44)42-29-31-48-47-25-9-12-28-53(47)62-54(48)36-42)60-57(59-55)49-32-30-41(38-17-5-2-6-18-38)35-52(49)61-50-26-10-7-23-45(50)46-24-8-11-27-51(46)61/h1-36H. The summed E-state index contributed by atoms with van der Waals surface area (Å²) in [5.41, 5.74) is 12.7. The molecule has 3 aromatic heterocycles. The van der Waals surface area contributed by atoms with Crippen molar-refractivity contribution in [2.75, 3.05) is 0 Å². The predicted octanol–water partition coefficient (Wildman–Crippen LogP) is 15.3. The molecule has 12 aromatic rings. The summed E-state index contributed by atoms with van der Waals surface area (Å²) in [6.45, 7) is 0. The van der Waals surface area contributed by atoms with Gasteiger partial charge in [-0.25, -0.2) is 15.0 Å². The van der Waals surface area contributed by atoms with E-state index in [-0.39, 0.29) is 0 Å². The molecule has 12 rings (SSSR count). The summed E-state index contributed by atoms with van der Waals surface area (Å²) in [6, 6.07) is 77.5. The zero-order chi connectivity index (χ0) is 41.0. The predicted molar refractivity (Wildman–Crippen MR) is 260 cm³/mol. The number of thiophene rings is 1. The van der Waals surface area contributed by atoms with Gasteiger partial charge in [0.15, 0.2) is 17.5 Å². The van der Waals surface area contributed by atoms with E-state index >= 15 is 0 Å². The van der Waals surface area contributed by atoms with Gasteiger partial charge < -0.3 is 4.57 Å². The van der Waals surface area contributed by atoms with Crippen LogP contribution in [0.2, 0.25) is 0 Å². The summed E-state index contributed by atoms with van der Waals surface area (Å²) in [5, 5.41) is 4.97. The van der Waals surface area contributed by atoms with Gasteiger partial charge in [-0.3, -0.25) is 0 Å². The molecule has 0 saturated heterocycles. The molecule has 0 aliphatic rings. The van der Waals surface area contributed by atoms with Crippen LogP contribution in [0.1, 0.15) is 0 Å². The third-order valence-electron chi connectivity index (χ3n) is 11.9. The second-order valence-electron chi connectivity index (χ2n) is 15.6. The van der Waals surface area contributed by atoms with Crippen molar-refractivity contribution < 1.29 is 0 Å². The van der Waals surface area contributed by atoms with Crippen molar-refractivity contribution in [3.63, 3.8) is 0 Å². The zero-order valence-corrected chi connectivity index (χ0v) is 34.3. The lowest BCUT2D eigenvalue weighted by molar-refractivity contribution is 1.06. The molecule has 0 spiro atoms. The van der Waals surface area contributed by atoms with Gasteiger partial charge in [0, 0.05) is 47.6 Å². The van der Waals surface area contributed by atoms with Gasteiger partial charge in [0.05, 0.1) is 16.7 Å². The lowest BCUT2D eigenvalue weighted by Crippen LogP contribution is -2.04. The van der Waals surface area contributed by atoms with Crippen molar-refractivity contribution in [2.45, 2.75) is 0 Å². The Bertz CT molecular complexity index is 3590. The normalized spacial score (nSPS) is 11.5. The van der Waals surface area contributed by atoms with Crippen LogP contribution >= 0.6 is 11.3 Å². The van der Waals surface area contributed by atoms with E-state index in [1.165, 1.54) is 30.9 Å². The van der Waals surface area contributed by atoms with Crippen LogP contribution in [0, 0.1) is 0 Å². The van der Waals surface area contributed by atoms with Crippen LogP contribution in [0.4, 0.5) is 0 Å². The van der Waals surface area contributed by atoms with Crippen molar-refractivity contribution in [1.29, 1.82) is 0 Å². The average molecular weight is 809 g/mol. The Hall–Kier alpha value is -7.99. The highest BCUT2D eigenvalue weighted by Crippen LogP contribution is 2.40. The molecule has 0 N–H and O–H groups in total. The van der Waals surface area contributed by atoms with Gasteiger partial charge in [-0.05, 0) is 81.9 Å². The maximum atomic E-state index is 5.39. The number of fused-ring (bicyclic) bond motifs is 6. The summed E-state index contributed by atoms with van der Waals surface area (Å²) in [5.74, 6) is 1.82. The molecular weight excluding hydrogens is 773 g/mol. The minimum atomic E-state index is 0.601. The summed E-state index contributed by atoms with van der Waals surface area (Å²) >= 11 is 1.84. The number of rotatable bonds is 7. The average Bonchev–Trinajstić information content (AvgIpc) is 3.90. The van der Waals surface area contributed by atoms with Crippen molar-refractivity contribution in [2.24, 2.45) is 0 Å². The smallest absolute Gasteiger partial charge is 0.166 e. The van der Waals surface area contributed by atoms with Crippen molar-refractivity contribution in [3.8, 4) is 73.2 Å². The zero-order valence-electron chi connectivity index (χ0n) is 33.5. The molecule has 0 aliphatic heterocycles. The van der Waals surface area contributed by atoms with Crippen molar-refractivity contribution in [1.82, 2.24) is 19.5 Å². The topological polar surface area (TPSA) is 43.6 Å². The summed E-state index contributed by atoms with van der Waals surface area (Å²) in [7, 11) is 0. The van der Waals surface area contributed by atoms with Gasteiger partial charge in [0.1, 0.15) is 0 Å². The first-order valence-corrected chi connectivity index (χ1v) is 21.7. The van der Waals surface area contributed by atoms with Crippen LogP contribution in [0.25, 0.3) is 115 Å². The molecule has 3 heterocycles. The molecule has 9 aromatic carbocycles. The molecule has 0 atom stereocenters. The van der Waals surface area contributed by atoms with Gasteiger partial charge in [-0.15, -0.1) is 11.3 Å². The van der Waals surface area contributed by atoms with Gasteiger partial charge in [0.25, 0.3) is 0 Å². The first kappa shape index (κ1) is 35.9. The van der Waals surface area contributed by atoms with Gasteiger partial charge in [-0.2, -0.15) is 0 Å². The third kappa shape index (κ3) is 6.26. The number of hydrogen-bond donors (Lipinski definition) is 0. The van der Waals surface area contributed by atoms with Gasteiger partial charge >= 0.3 is 0 Å². The molecule has 0 fully saturated rings. The number of aromatic nitrogens is 4. The summed E-state index contributed by atoms with van der Waals surface area (Å²) < 4.78 is 4.94. The summed E-state index contributed by atoms with van der Waals surface area (Å²) in [4.78, 5) is 16.0. The molecule has 0 aliphatic carbocycles. The molecule has 0 bridgehead atoms. The Balaban J connectivity index is 1.08. The molecular formula is C57H36N4S. The fraction of sp³-hybridized carbons (Fsp3) is 0. The van der Waals surface area contributed by atoms with E-state index in [1.807, 2.05) is 17.4 Å². The number of hydrogen-bond acceptors (Lipinski definition) is 4. The monoisotopic (exact) mass is 808 g/mol. The van der Waals surface area contributed by atoms with Crippen LogP contribution in [0.15, 0.2) is 218 Å². The van der Waals surface area contributed by atoms with Crippen LogP contribution in [0.3, 0.4) is 0 Å². The van der Waals surface area contributed by atoms with E-state index in [9.17, 15) is 0 Å². The quantitative estimate of drug-likeness (QED) is 0.161. The maximum Gasteiger partial charge on any atom is 0.166 e. The number of para-hydroxylation sites is 2. The van der Waals surface area contributed by atoms with E-state index in [4.69, 9.17) is 15.0 Å². The Labute approximate surface area is 362 Å². The fourth-order valence-corrected chi connectivity index (χ4v) is 10.0. The second kappa shape index (κ2) is 14.9. The Kier molecular flexibility index (Phi) is 8.65.